The maximum absolute atomic E-state index is 6.18. The highest BCUT2D eigenvalue weighted by molar-refractivity contribution is 5.45. The lowest BCUT2D eigenvalue weighted by Crippen LogP contribution is -2.19. The molecule has 0 atom stereocenters. The number of terminal acetylenes is 1. The SMILES string of the molecule is C#Cc1ccc(Cc2nccc(Oc3c(C)cc(CN4CC=CC4)cc3C)n2)cc1. The van der Waals surface area contributed by atoms with Crippen LogP contribution >= 0.6 is 0 Å². The van der Waals surface area contributed by atoms with Crippen LogP contribution in [0.15, 0.2) is 60.8 Å². The zero-order chi connectivity index (χ0) is 20.9. The summed E-state index contributed by atoms with van der Waals surface area (Å²) in [5.74, 6) is 4.77. The molecule has 150 valence electrons. The van der Waals surface area contributed by atoms with Crippen LogP contribution in [0.5, 0.6) is 11.6 Å². The van der Waals surface area contributed by atoms with E-state index in [1.165, 1.54) is 5.56 Å². The van der Waals surface area contributed by atoms with Crippen LogP contribution in [0.4, 0.5) is 0 Å². The molecule has 2 aromatic carbocycles. The van der Waals surface area contributed by atoms with Crippen LogP contribution in [-0.2, 0) is 13.0 Å². The Kier molecular flexibility index (Phi) is 5.92. The largest absolute Gasteiger partial charge is 0.438 e. The molecule has 0 bridgehead atoms. The van der Waals surface area contributed by atoms with E-state index in [0.717, 1.165) is 53.5 Å². The van der Waals surface area contributed by atoms with Gasteiger partial charge in [-0.05, 0) is 48.2 Å². The molecule has 0 fully saturated rings. The number of hydrogen-bond donors (Lipinski definition) is 0. The zero-order valence-electron chi connectivity index (χ0n) is 17.4. The number of aromatic nitrogens is 2. The molecule has 4 nitrogen and oxygen atoms in total. The van der Waals surface area contributed by atoms with Gasteiger partial charge in [0, 0.05) is 43.9 Å². The van der Waals surface area contributed by atoms with Crippen LogP contribution in [-0.4, -0.2) is 28.0 Å². The van der Waals surface area contributed by atoms with Gasteiger partial charge in [0.1, 0.15) is 11.6 Å². The van der Waals surface area contributed by atoms with Crippen molar-refractivity contribution < 1.29 is 4.74 Å². The van der Waals surface area contributed by atoms with Crippen molar-refractivity contribution in [2.45, 2.75) is 26.8 Å². The highest BCUT2D eigenvalue weighted by Gasteiger charge is 2.12. The molecule has 0 unspecified atom stereocenters. The summed E-state index contributed by atoms with van der Waals surface area (Å²) in [4.78, 5) is 11.4. The van der Waals surface area contributed by atoms with E-state index in [2.05, 4.69) is 58.9 Å². The predicted octanol–water partition coefficient (Wildman–Crippen LogP) is 4.83. The Morgan fingerprint density at radius 3 is 2.37 bits per heavy atom. The maximum atomic E-state index is 6.18. The molecule has 1 aliphatic heterocycles. The van der Waals surface area contributed by atoms with E-state index < -0.39 is 0 Å². The first-order valence-electron chi connectivity index (χ1n) is 10.1. The van der Waals surface area contributed by atoms with Gasteiger partial charge < -0.3 is 4.74 Å². The first-order valence-corrected chi connectivity index (χ1v) is 10.1. The third-order valence-corrected chi connectivity index (χ3v) is 5.19. The van der Waals surface area contributed by atoms with Crippen LogP contribution in [0.1, 0.15) is 33.6 Å². The molecule has 30 heavy (non-hydrogen) atoms. The summed E-state index contributed by atoms with van der Waals surface area (Å²) in [5.41, 5.74) is 5.51. The average molecular weight is 396 g/mol. The van der Waals surface area contributed by atoms with Crippen molar-refractivity contribution in [3.8, 4) is 24.0 Å². The standard InChI is InChI=1S/C26H25N3O/c1-4-21-7-9-22(10-8-21)17-24-27-12-11-25(28-24)30-26-19(2)15-23(16-20(26)3)18-29-13-5-6-14-29/h1,5-12,15-16H,13-14,17-18H2,2-3H3. The van der Waals surface area contributed by atoms with E-state index in [1.807, 2.05) is 24.3 Å². The molecular weight excluding hydrogens is 370 g/mol. The summed E-state index contributed by atoms with van der Waals surface area (Å²) in [6.07, 6.45) is 12.2. The molecule has 1 aromatic heterocycles. The summed E-state index contributed by atoms with van der Waals surface area (Å²) in [6, 6.07) is 14.1. The number of benzene rings is 2. The summed E-state index contributed by atoms with van der Waals surface area (Å²) >= 11 is 0. The minimum absolute atomic E-state index is 0.558. The fraction of sp³-hybridized carbons (Fsp3) is 0.231. The number of hydrogen-bond acceptors (Lipinski definition) is 4. The van der Waals surface area contributed by atoms with Gasteiger partial charge in [-0.3, -0.25) is 4.90 Å². The van der Waals surface area contributed by atoms with Gasteiger partial charge in [-0.1, -0.05) is 42.3 Å². The molecule has 0 saturated carbocycles. The Bertz CT molecular complexity index is 1080. The van der Waals surface area contributed by atoms with Crippen LogP contribution < -0.4 is 4.74 Å². The maximum Gasteiger partial charge on any atom is 0.222 e. The summed E-state index contributed by atoms with van der Waals surface area (Å²) in [5, 5.41) is 0. The Balaban J connectivity index is 1.48. The molecular formula is C26H25N3O. The first-order chi connectivity index (χ1) is 14.6. The van der Waals surface area contributed by atoms with Crippen LogP contribution in [0.2, 0.25) is 0 Å². The van der Waals surface area contributed by atoms with Crippen molar-refractivity contribution in [2.24, 2.45) is 0 Å². The highest BCUT2D eigenvalue weighted by Crippen LogP contribution is 2.29. The normalized spacial score (nSPS) is 13.4. The third kappa shape index (κ3) is 4.76. The van der Waals surface area contributed by atoms with E-state index in [9.17, 15) is 0 Å². The fourth-order valence-electron chi connectivity index (χ4n) is 3.73. The summed E-state index contributed by atoms with van der Waals surface area (Å²) in [6.45, 7) is 7.16. The number of nitrogens with zero attached hydrogens (tertiary/aromatic N) is 3. The van der Waals surface area contributed by atoms with Gasteiger partial charge in [-0.25, -0.2) is 4.98 Å². The lowest BCUT2D eigenvalue weighted by Gasteiger charge is -2.18. The topological polar surface area (TPSA) is 38.2 Å². The Labute approximate surface area is 178 Å². The number of aryl methyl sites for hydroxylation is 2. The smallest absolute Gasteiger partial charge is 0.222 e. The quantitative estimate of drug-likeness (QED) is 0.443. The molecule has 3 aromatic rings. The van der Waals surface area contributed by atoms with Gasteiger partial charge in [0.05, 0.1) is 0 Å². The second kappa shape index (κ2) is 8.94. The second-order valence-electron chi connectivity index (χ2n) is 7.66. The second-order valence-corrected chi connectivity index (χ2v) is 7.66. The molecule has 0 amide bonds. The summed E-state index contributed by atoms with van der Waals surface area (Å²) in [7, 11) is 0. The monoisotopic (exact) mass is 395 g/mol. The minimum atomic E-state index is 0.558. The van der Waals surface area contributed by atoms with Crippen molar-refractivity contribution in [1.82, 2.24) is 14.9 Å². The Morgan fingerprint density at radius 2 is 1.70 bits per heavy atom. The number of rotatable bonds is 6. The van der Waals surface area contributed by atoms with Gasteiger partial charge in [0.2, 0.25) is 5.88 Å². The first kappa shape index (κ1) is 19.9. The predicted molar refractivity (Wildman–Crippen MR) is 120 cm³/mol. The average Bonchev–Trinajstić information content (AvgIpc) is 3.25. The Morgan fingerprint density at radius 1 is 1.00 bits per heavy atom. The molecule has 2 heterocycles. The van der Waals surface area contributed by atoms with Crippen molar-refractivity contribution in [1.29, 1.82) is 0 Å². The van der Waals surface area contributed by atoms with Gasteiger partial charge in [-0.15, -0.1) is 6.42 Å². The van der Waals surface area contributed by atoms with Gasteiger partial charge in [0.25, 0.3) is 0 Å². The summed E-state index contributed by atoms with van der Waals surface area (Å²) < 4.78 is 6.18. The molecule has 1 aliphatic rings. The molecule has 0 radical (unpaired) electrons. The third-order valence-electron chi connectivity index (χ3n) is 5.19. The molecule has 0 N–H and O–H groups in total. The van der Waals surface area contributed by atoms with Gasteiger partial charge >= 0.3 is 0 Å². The van der Waals surface area contributed by atoms with Gasteiger partial charge in [-0.2, -0.15) is 4.98 Å². The minimum Gasteiger partial charge on any atom is -0.438 e. The van der Waals surface area contributed by atoms with Crippen LogP contribution in [0, 0.1) is 26.2 Å². The van der Waals surface area contributed by atoms with E-state index in [-0.39, 0.29) is 0 Å². The Hall–Kier alpha value is -3.42. The fourth-order valence-corrected chi connectivity index (χ4v) is 3.73. The number of ether oxygens (including phenoxy) is 1. The van der Waals surface area contributed by atoms with Gasteiger partial charge in [0.15, 0.2) is 0 Å². The van der Waals surface area contributed by atoms with E-state index in [0.29, 0.717) is 12.3 Å². The lowest BCUT2D eigenvalue weighted by molar-refractivity contribution is 0.345. The van der Waals surface area contributed by atoms with Crippen molar-refractivity contribution in [2.75, 3.05) is 13.1 Å². The molecule has 4 rings (SSSR count). The lowest BCUT2D eigenvalue weighted by atomic mass is 10.1. The van der Waals surface area contributed by atoms with E-state index in [1.54, 1.807) is 12.3 Å². The molecule has 0 spiro atoms. The van der Waals surface area contributed by atoms with E-state index >= 15 is 0 Å². The molecule has 0 aliphatic carbocycles. The van der Waals surface area contributed by atoms with E-state index in [4.69, 9.17) is 11.2 Å². The van der Waals surface area contributed by atoms with Crippen LogP contribution in [0.25, 0.3) is 0 Å². The van der Waals surface area contributed by atoms with Crippen molar-refractivity contribution in [3.05, 3.63) is 94.5 Å². The zero-order valence-corrected chi connectivity index (χ0v) is 17.4. The molecule has 4 heteroatoms. The van der Waals surface area contributed by atoms with Crippen LogP contribution in [0.3, 0.4) is 0 Å². The highest BCUT2D eigenvalue weighted by atomic mass is 16.5. The van der Waals surface area contributed by atoms with Crippen molar-refractivity contribution >= 4 is 0 Å². The molecule has 0 saturated heterocycles. The van der Waals surface area contributed by atoms with Crippen molar-refractivity contribution in [3.63, 3.8) is 0 Å².